The Morgan fingerprint density at radius 1 is 0.939 bits per heavy atom. The Hall–Kier alpha value is -1.77. The van der Waals surface area contributed by atoms with E-state index in [4.69, 9.17) is 14.7 Å². The van der Waals surface area contributed by atoms with Gasteiger partial charge in [0.2, 0.25) is 0 Å². The predicted octanol–water partition coefficient (Wildman–Crippen LogP) is 7.13. The maximum Gasteiger partial charge on any atom is 0.144 e. The van der Waals surface area contributed by atoms with Crippen LogP contribution in [0.15, 0.2) is 24.8 Å². The number of benzene rings is 1. The molecule has 2 fully saturated rings. The molecule has 33 heavy (non-hydrogen) atoms. The molecule has 0 bridgehead atoms. The van der Waals surface area contributed by atoms with Gasteiger partial charge in [0.15, 0.2) is 0 Å². The molecule has 0 aromatic heterocycles. The molecule has 0 spiro atoms. The van der Waals surface area contributed by atoms with Gasteiger partial charge in [0, 0.05) is 13.2 Å². The number of hydrogen-bond acceptors (Lipinski definition) is 3. The molecule has 1 aromatic carbocycles. The lowest BCUT2D eigenvalue weighted by molar-refractivity contribution is -0.0104. The fourth-order valence-corrected chi connectivity index (χ4v) is 5.43. The third-order valence-electron chi connectivity index (χ3n) is 7.52. The molecule has 0 N–H and O–H groups in total. The van der Waals surface area contributed by atoms with Crippen molar-refractivity contribution in [2.24, 2.45) is 17.8 Å². The summed E-state index contributed by atoms with van der Waals surface area (Å²) in [5.74, 6) is 0.629. The van der Waals surface area contributed by atoms with Crippen molar-refractivity contribution in [1.29, 1.82) is 5.26 Å². The lowest BCUT2D eigenvalue weighted by Gasteiger charge is -2.32. The molecule has 0 saturated heterocycles. The van der Waals surface area contributed by atoms with Crippen molar-refractivity contribution in [1.82, 2.24) is 0 Å². The van der Waals surface area contributed by atoms with Crippen molar-refractivity contribution in [2.45, 2.75) is 83.2 Å². The number of rotatable bonds is 12. The summed E-state index contributed by atoms with van der Waals surface area (Å²) in [6.07, 6.45) is 15.8. The molecule has 3 nitrogen and oxygen atoms in total. The molecule has 0 radical (unpaired) electrons. The first-order valence-corrected chi connectivity index (χ1v) is 12.8. The topological polar surface area (TPSA) is 42.2 Å². The number of halogens is 2. The van der Waals surface area contributed by atoms with Crippen LogP contribution in [0.4, 0.5) is 8.78 Å². The van der Waals surface area contributed by atoms with Crippen LogP contribution in [0.3, 0.4) is 0 Å². The van der Waals surface area contributed by atoms with Crippen molar-refractivity contribution < 1.29 is 18.3 Å². The molecule has 2 aliphatic carbocycles. The summed E-state index contributed by atoms with van der Waals surface area (Å²) in [5.41, 5.74) is 0.154. The standard InChI is InChI=1S/C28H39F2NO2/c1-2-15-32-16-3-4-21-5-8-23(9-6-21)20-33-25-13-11-22(12-14-25)7-10-24-17-27(29)26(19-31)28(30)18-24/h2,17-18,21-23,25H,1,3-16,20H2. The summed E-state index contributed by atoms with van der Waals surface area (Å²) in [5, 5.41) is 8.79. The lowest BCUT2D eigenvalue weighted by atomic mass is 9.80. The normalized spacial score (nSPS) is 25.5. The SMILES string of the molecule is C=CCOCCCC1CCC(COC2CCC(CCc3cc(F)c(C#N)c(F)c3)CC2)CC1. The number of nitrogens with zero attached hydrogens (tertiary/aromatic N) is 1. The molecular formula is C28H39F2NO2. The van der Waals surface area contributed by atoms with E-state index in [1.165, 1.54) is 44.2 Å². The molecule has 3 rings (SSSR count). The highest BCUT2D eigenvalue weighted by molar-refractivity contribution is 5.35. The van der Waals surface area contributed by atoms with Crippen LogP contribution in [0, 0.1) is 40.7 Å². The second kappa shape index (κ2) is 13.8. The van der Waals surface area contributed by atoms with Gasteiger partial charge >= 0.3 is 0 Å². The monoisotopic (exact) mass is 459 g/mol. The number of hydrogen-bond donors (Lipinski definition) is 0. The average molecular weight is 460 g/mol. The van der Waals surface area contributed by atoms with Crippen molar-refractivity contribution >= 4 is 0 Å². The van der Waals surface area contributed by atoms with E-state index in [9.17, 15) is 8.78 Å². The Balaban J connectivity index is 1.26. The predicted molar refractivity (Wildman–Crippen MR) is 127 cm³/mol. The van der Waals surface area contributed by atoms with E-state index in [0.29, 0.717) is 36.5 Å². The third kappa shape index (κ3) is 8.50. The highest BCUT2D eigenvalue weighted by atomic mass is 19.1. The first-order chi connectivity index (χ1) is 16.1. The Labute approximate surface area is 198 Å². The van der Waals surface area contributed by atoms with Gasteiger partial charge in [0.25, 0.3) is 0 Å². The zero-order valence-corrected chi connectivity index (χ0v) is 19.9. The molecule has 0 aliphatic heterocycles. The first kappa shape index (κ1) is 25.8. The van der Waals surface area contributed by atoms with Gasteiger partial charge in [-0.15, -0.1) is 6.58 Å². The molecule has 1 aromatic rings. The van der Waals surface area contributed by atoms with Crippen LogP contribution in [-0.4, -0.2) is 25.9 Å². The minimum absolute atomic E-state index is 0.366. The molecular weight excluding hydrogens is 420 g/mol. The van der Waals surface area contributed by atoms with Gasteiger partial charge in [-0.3, -0.25) is 0 Å². The Kier molecular flexibility index (Phi) is 10.8. The van der Waals surface area contributed by atoms with E-state index >= 15 is 0 Å². The average Bonchev–Trinajstić information content (AvgIpc) is 2.82. The van der Waals surface area contributed by atoms with E-state index < -0.39 is 17.2 Å². The first-order valence-electron chi connectivity index (χ1n) is 12.8. The van der Waals surface area contributed by atoms with Crippen molar-refractivity contribution in [3.63, 3.8) is 0 Å². The Bertz CT molecular complexity index is 752. The maximum atomic E-state index is 13.8. The van der Waals surface area contributed by atoms with Crippen molar-refractivity contribution in [3.8, 4) is 6.07 Å². The zero-order chi connectivity index (χ0) is 23.5. The van der Waals surface area contributed by atoms with Gasteiger partial charge in [-0.1, -0.05) is 18.9 Å². The quantitative estimate of drug-likeness (QED) is 0.246. The van der Waals surface area contributed by atoms with Crippen LogP contribution >= 0.6 is 0 Å². The summed E-state index contributed by atoms with van der Waals surface area (Å²) in [7, 11) is 0. The number of nitriles is 1. The second-order valence-corrected chi connectivity index (χ2v) is 9.95. The lowest BCUT2D eigenvalue weighted by Crippen LogP contribution is -2.26. The van der Waals surface area contributed by atoms with Crippen LogP contribution in [-0.2, 0) is 15.9 Å². The highest BCUT2D eigenvalue weighted by Crippen LogP contribution is 2.34. The summed E-state index contributed by atoms with van der Waals surface area (Å²) >= 11 is 0. The van der Waals surface area contributed by atoms with Crippen LogP contribution < -0.4 is 0 Å². The molecule has 0 atom stereocenters. The van der Waals surface area contributed by atoms with E-state index in [1.54, 1.807) is 12.1 Å². The van der Waals surface area contributed by atoms with E-state index in [-0.39, 0.29) is 0 Å². The highest BCUT2D eigenvalue weighted by Gasteiger charge is 2.25. The van der Waals surface area contributed by atoms with Gasteiger partial charge in [-0.2, -0.15) is 5.26 Å². The number of aryl methyl sites for hydroxylation is 1. The summed E-state index contributed by atoms with van der Waals surface area (Å²) in [6, 6.07) is 4.20. The van der Waals surface area contributed by atoms with Crippen LogP contribution in [0.25, 0.3) is 0 Å². The third-order valence-corrected chi connectivity index (χ3v) is 7.52. The Morgan fingerprint density at radius 2 is 1.55 bits per heavy atom. The fraction of sp³-hybridized carbons (Fsp3) is 0.679. The molecule has 5 heteroatoms. The van der Waals surface area contributed by atoms with Gasteiger partial charge < -0.3 is 9.47 Å². The van der Waals surface area contributed by atoms with Gasteiger partial charge in [0.1, 0.15) is 23.3 Å². The molecule has 2 saturated carbocycles. The van der Waals surface area contributed by atoms with E-state index in [2.05, 4.69) is 6.58 Å². The van der Waals surface area contributed by atoms with Gasteiger partial charge in [0.05, 0.1) is 12.7 Å². The van der Waals surface area contributed by atoms with Crippen molar-refractivity contribution in [2.75, 3.05) is 19.8 Å². The largest absolute Gasteiger partial charge is 0.378 e. The fourth-order valence-electron chi connectivity index (χ4n) is 5.43. The molecule has 0 unspecified atom stereocenters. The van der Waals surface area contributed by atoms with Crippen LogP contribution in [0.2, 0.25) is 0 Å². The van der Waals surface area contributed by atoms with Gasteiger partial charge in [-0.25, -0.2) is 8.78 Å². The minimum atomic E-state index is -0.754. The minimum Gasteiger partial charge on any atom is -0.378 e. The molecule has 182 valence electrons. The molecule has 2 aliphatic rings. The smallest absolute Gasteiger partial charge is 0.144 e. The van der Waals surface area contributed by atoms with Crippen LogP contribution in [0.1, 0.15) is 81.8 Å². The summed E-state index contributed by atoms with van der Waals surface area (Å²) in [4.78, 5) is 0. The second-order valence-electron chi connectivity index (χ2n) is 9.95. The molecule has 0 amide bonds. The molecule has 0 heterocycles. The van der Waals surface area contributed by atoms with Crippen molar-refractivity contribution in [3.05, 3.63) is 47.5 Å². The maximum absolute atomic E-state index is 13.8. The summed E-state index contributed by atoms with van der Waals surface area (Å²) < 4.78 is 39.4. The summed E-state index contributed by atoms with van der Waals surface area (Å²) in [6.45, 7) is 6.07. The zero-order valence-electron chi connectivity index (χ0n) is 19.9. The van der Waals surface area contributed by atoms with E-state index in [1.807, 2.05) is 0 Å². The Morgan fingerprint density at radius 3 is 2.18 bits per heavy atom. The number of ether oxygens (including phenoxy) is 2. The van der Waals surface area contributed by atoms with E-state index in [0.717, 1.165) is 57.7 Å². The van der Waals surface area contributed by atoms with Crippen LogP contribution in [0.5, 0.6) is 0 Å². The van der Waals surface area contributed by atoms with Gasteiger partial charge in [-0.05, 0) is 99.7 Å².